The van der Waals surface area contributed by atoms with Crippen LogP contribution in [0.2, 0.25) is 0 Å². The second kappa shape index (κ2) is 5.32. The predicted molar refractivity (Wildman–Crippen MR) is 67.1 cm³/mol. The summed E-state index contributed by atoms with van der Waals surface area (Å²) >= 11 is 0. The van der Waals surface area contributed by atoms with Gasteiger partial charge in [0.2, 0.25) is 0 Å². The molecule has 1 heterocycles. The minimum Gasteiger partial charge on any atom is -0.478 e. The van der Waals surface area contributed by atoms with Crippen molar-refractivity contribution in [2.45, 2.75) is 38.8 Å². The molecule has 0 bridgehead atoms. The number of hydrogen-bond donors (Lipinski definition) is 1. The van der Waals surface area contributed by atoms with Gasteiger partial charge in [-0.25, -0.2) is 4.79 Å². The number of carboxylic acids is 1. The number of hydrogen-bond acceptors (Lipinski definition) is 2. The Balaban J connectivity index is 2.00. The molecule has 17 heavy (non-hydrogen) atoms. The molecular formula is C14H19NO2. The highest BCUT2D eigenvalue weighted by Crippen LogP contribution is 2.19. The summed E-state index contributed by atoms with van der Waals surface area (Å²) in [6, 6.07) is 7.86. The summed E-state index contributed by atoms with van der Waals surface area (Å²) in [6.45, 7) is 4.35. The van der Waals surface area contributed by atoms with E-state index >= 15 is 0 Å². The second-order valence-corrected chi connectivity index (χ2v) is 4.82. The van der Waals surface area contributed by atoms with E-state index in [0.29, 0.717) is 11.6 Å². The summed E-state index contributed by atoms with van der Waals surface area (Å²) in [5.41, 5.74) is 1.56. The highest BCUT2D eigenvalue weighted by molar-refractivity contribution is 5.87. The topological polar surface area (TPSA) is 40.5 Å². The first-order valence-electron chi connectivity index (χ1n) is 6.23. The van der Waals surface area contributed by atoms with Crippen molar-refractivity contribution >= 4 is 5.97 Å². The average Bonchev–Trinajstić information content (AvgIpc) is 2.33. The number of carbonyl (C=O) groups is 1. The van der Waals surface area contributed by atoms with E-state index < -0.39 is 5.97 Å². The number of benzene rings is 1. The Morgan fingerprint density at radius 3 is 2.65 bits per heavy atom. The number of aromatic carboxylic acids is 1. The van der Waals surface area contributed by atoms with E-state index in [1.165, 1.54) is 24.8 Å². The third-order valence-corrected chi connectivity index (χ3v) is 3.53. The predicted octanol–water partition coefficient (Wildman–Crippen LogP) is 2.76. The smallest absolute Gasteiger partial charge is 0.335 e. The van der Waals surface area contributed by atoms with Gasteiger partial charge in [-0.2, -0.15) is 0 Å². The highest BCUT2D eigenvalue weighted by atomic mass is 16.4. The number of likely N-dealkylation sites (tertiary alicyclic amines) is 1. The molecule has 1 aliphatic heterocycles. The molecule has 1 atom stereocenters. The number of nitrogens with zero attached hydrogens (tertiary/aromatic N) is 1. The van der Waals surface area contributed by atoms with Crippen LogP contribution in [0.3, 0.4) is 0 Å². The van der Waals surface area contributed by atoms with Gasteiger partial charge in [0, 0.05) is 12.6 Å². The van der Waals surface area contributed by atoms with Crippen molar-refractivity contribution in [3.63, 3.8) is 0 Å². The molecule has 1 unspecified atom stereocenters. The fraction of sp³-hybridized carbons (Fsp3) is 0.500. The van der Waals surface area contributed by atoms with Crippen molar-refractivity contribution in [3.05, 3.63) is 35.4 Å². The quantitative estimate of drug-likeness (QED) is 0.872. The zero-order valence-corrected chi connectivity index (χ0v) is 10.2. The lowest BCUT2D eigenvalue weighted by atomic mass is 10.0. The third kappa shape index (κ3) is 3.07. The van der Waals surface area contributed by atoms with Gasteiger partial charge in [-0.3, -0.25) is 4.90 Å². The zero-order chi connectivity index (χ0) is 12.3. The van der Waals surface area contributed by atoms with Gasteiger partial charge in [0.25, 0.3) is 0 Å². The molecule has 1 saturated heterocycles. The van der Waals surface area contributed by atoms with Crippen molar-refractivity contribution in [2.75, 3.05) is 6.54 Å². The minimum absolute atomic E-state index is 0.362. The summed E-state index contributed by atoms with van der Waals surface area (Å²) in [6.07, 6.45) is 3.88. The number of piperidine rings is 1. The summed E-state index contributed by atoms with van der Waals surface area (Å²) < 4.78 is 0. The van der Waals surface area contributed by atoms with Crippen LogP contribution in [0.1, 0.15) is 42.1 Å². The SMILES string of the molecule is CC1CCCCN1Cc1ccc(C(=O)O)cc1. The van der Waals surface area contributed by atoms with Crippen molar-refractivity contribution < 1.29 is 9.90 Å². The number of rotatable bonds is 3. The van der Waals surface area contributed by atoms with Crippen LogP contribution in [-0.2, 0) is 6.54 Å². The van der Waals surface area contributed by atoms with Crippen LogP contribution in [0.4, 0.5) is 0 Å². The lowest BCUT2D eigenvalue weighted by Gasteiger charge is -2.33. The Hall–Kier alpha value is -1.35. The molecule has 0 aliphatic carbocycles. The first-order chi connectivity index (χ1) is 8.16. The Kier molecular flexibility index (Phi) is 3.79. The van der Waals surface area contributed by atoms with Crippen molar-refractivity contribution in [1.82, 2.24) is 4.90 Å². The van der Waals surface area contributed by atoms with Gasteiger partial charge in [0.05, 0.1) is 5.56 Å². The first-order valence-corrected chi connectivity index (χ1v) is 6.23. The highest BCUT2D eigenvalue weighted by Gasteiger charge is 2.17. The summed E-state index contributed by atoms with van der Waals surface area (Å²) in [5.74, 6) is -0.858. The van der Waals surface area contributed by atoms with Crippen LogP contribution in [0.25, 0.3) is 0 Å². The van der Waals surface area contributed by atoms with Gasteiger partial charge < -0.3 is 5.11 Å². The van der Waals surface area contributed by atoms with Gasteiger partial charge in [-0.15, -0.1) is 0 Å². The first kappa shape index (κ1) is 12.1. The maximum absolute atomic E-state index is 10.7. The van der Waals surface area contributed by atoms with Crippen molar-refractivity contribution in [1.29, 1.82) is 0 Å². The molecule has 0 radical (unpaired) electrons. The van der Waals surface area contributed by atoms with Crippen LogP contribution in [0.5, 0.6) is 0 Å². The van der Waals surface area contributed by atoms with Gasteiger partial charge >= 0.3 is 5.97 Å². The van der Waals surface area contributed by atoms with E-state index in [9.17, 15) is 4.79 Å². The molecule has 1 aliphatic rings. The van der Waals surface area contributed by atoms with Gasteiger partial charge in [0.15, 0.2) is 0 Å². The molecule has 1 aromatic rings. The van der Waals surface area contributed by atoms with E-state index in [1.807, 2.05) is 12.1 Å². The lowest BCUT2D eigenvalue weighted by Crippen LogP contribution is -2.36. The Labute approximate surface area is 102 Å². The molecule has 3 nitrogen and oxygen atoms in total. The lowest BCUT2D eigenvalue weighted by molar-refractivity contribution is 0.0697. The molecule has 92 valence electrons. The molecule has 0 saturated carbocycles. The molecule has 1 N–H and O–H groups in total. The van der Waals surface area contributed by atoms with Crippen LogP contribution in [0, 0.1) is 0 Å². The molecule has 2 rings (SSSR count). The van der Waals surface area contributed by atoms with Gasteiger partial charge in [0.1, 0.15) is 0 Å². The molecule has 3 heteroatoms. The standard InChI is InChI=1S/C14H19NO2/c1-11-4-2-3-9-15(11)10-12-5-7-13(8-6-12)14(16)17/h5-8,11H,2-4,9-10H2,1H3,(H,16,17). The summed E-state index contributed by atoms with van der Waals surface area (Å²) in [7, 11) is 0. The van der Waals surface area contributed by atoms with E-state index in [0.717, 1.165) is 13.1 Å². The largest absolute Gasteiger partial charge is 0.478 e. The molecule has 1 aromatic carbocycles. The molecular weight excluding hydrogens is 214 g/mol. The second-order valence-electron chi connectivity index (χ2n) is 4.82. The van der Waals surface area contributed by atoms with Crippen LogP contribution >= 0.6 is 0 Å². The summed E-state index contributed by atoms with van der Waals surface area (Å²) in [4.78, 5) is 13.2. The average molecular weight is 233 g/mol. The Bertz CT molecular complexity index is 386. The molecule has 0 aromatic heterocycles. The van der Waals surface area contributed by atoms with Crippen molar-refractivity contribution in [3.8, 4) is 0 Å². The minimum atomic E-state index is -0.858. The van der Waals surface area contributed by atoms with E-state index in [2.05, 4.69) is 11.8 Å². The van der Waals surface area contributed by atoms with Crippen LogP contribution in [0.15, 0.2) is 24.3 Å². The Morgan fingerprint density at radius 2 is 2.06 bits per heavy atom. The maximum atomic E-state index is 10.7. The third-order valence-electron chi connectivity index (χ3n) is 3.53. The van der Waals surface area contributed by atoms with E-state index in [-0.39, 0.29) is 0 Å². The van der Waals surface area contributed by atoms with E-state index in [1.54, 1.807) is 12.1 Å². The molecule has 0 spiro atoms. The normalized spacial score (nSPS) is 21.4. The van der Waals surface area contributed by atoms with Crippen LogP contribution in [-0.4, -0.2) is 28.6 Å². The van der Waals surface area contributed by atoms with E-state index in [4.69, 9.17) is 5.11 Å². The number of carboxylic acid groups (broad SMARTS) is 1. The fourth-order valence-corrected chi connectivity index (χ4v) is 2.38. The fourth-order valence-electron chi connectivity index (χ4n) is 2.38. The summed E-state index contributed by atoms with van der Waals surface area (Å²) in [5, 5.41) is 8.83. The zero-order valence-electron chi connectivity index (χ0n) is 10.2. The Morgan fingerprint density at radius 1 is 1.35 bits per heavy atom. The van der Waals surface area contributed by atoms with Crippen molar-refractivity contribution in [2.24, 2.45) is 0 Å². The molecule has 1 fully saturated rings. The van der Waals surface area contributed by atoms with Crippen LogP contribution < -0.4 is 0 Å². The molecule has 0 amide bonds. The monoisotopic (exact) mass is 233 g/mol. The maximum Gasteiger partial charge on any atom is 0.335 e. The van der Waals surface area contributed by atoms with Gasteiger partial charge in [-0.05, 0) is 44.0 Å². The van der Waals surface area contributed by atoms with Gasteiger partial charge in [-0.1, -0.05) is 18.6 Å².